The third-order valence-corrected chi connectivity index (χ3v) is 4.97. The fourth-order valence-corrected chi connectivity index (χ4v) is 3.46. The van der Waals surface area contributed by atoms with E-state index in [9.17, 15) is 9.59 Å². The van der Waals surface area contributed by atoms with E-state index in [0.29, 0.717) is 24.5 Å². The number of hydrogen-bond acceptors (Lipinski definition) is 3. The van der Waals surface area contributed by atoms with E-state index < -0.39 is 0 Å². The van der Waals surface area contributed by atoms with Crippen molar-refractivity contribution in [3.63, 3.8) is 0 Å². The number of anilines is 1. The van der Waals surface area contributed by atoms with Crippen molar-refractivity contribution in [1.29, 1.82) is 0 Å². The van der Waals surface area contributed by atoms with Crippen molar-refractivity contribution in [2.45, 2.75) is 58.4 Å². The van der Waals surface area contributed by atoms with Gasteiger partial charge in [-0.2, -0.15) is 5.10 Å². The minimum absolute atomic E-state index is 0.0665. The first-order valence-corrected chi connectivity index (χ1v) is 8.82. The number of amides is 2. The second kappa shape index (κ2) is 7.16. The van der Waals surface area contributed by atoms with Gasteiger partial charge >= 0.3 is 0 Å². The number of aryl methyl sites for hydroxylation is 1. The quantitative estimate of drug-likeness (QED) is 0.927. The molecule has 1 N–H and O–H groups in total. The Labute approximate surface area is 143 Å². The molecule has 1 saturated carbocycles. The van der Waals surface area contributed by atoms with Gasteiger partial charge in [0.05, 0.1) is 5.69 Å². The molecule has 1 aromatic carbocycles. The Kier molecular flexibility index (Phi) is 4.97. The first-order chi connectivity index (χ1) is 11.5. The lowest BCUT2D eigenvalue weighted by molar-refractivity contribution is -0.119. The minimum Gasteiger partial charge on any atom is -0.348 e. The summed E-state index contributed by atoms with van der Waals surface area (Å²) >= 11 is 0. The van der Waals surface area contributed by atoms with Gasteiger partial charge in [-0.25, -0.2) is 5.01 Å². The minimum atomic E-state index is -0.126. The summed E-state index contributed by atoms with van der Waals surface area (Å²) in [4.78, 5) is 24.8. The van der Waals surface area contributed by atoms with Crippen molar-refractivity contribution in [2.75, 3.05) is 5.01 Å². The lowest BCUT2D eigenvalue weighted by atomic mass is 9.86. The maximum atomic E-state index is 12.6. The highest BCUT2D eigenvalue weighted by molar-refractivity contribution is 6.40. The van der Waals surface area contributed by atoms with Crippen molar-refractivity contribution < 1.29 is 9.59 Å². The molecule has 1 fully saturated rings. The van der Waals surface area contributed by atoms with E-state index in [-0.39, 0.29) is 17.9 Å². The van der Waals surface area contributed by atoms with Crippen LogP contribution in [0.2, 0.25) is 0 Å². The molecule has 0 bridgehead atoms. The molecule has 2 amide bonds. The maximum Gasteiger partial charge on any atom is 0.267 e. The van der Waals surface area contributed by atoms with Gasteiger partial charge in [-0.3, -0.25) is 9.59 Å². The summed E-state index contributed by atoms with van der Waals surface area (Å²) in [5.74, 6) is 0.309. The van der Waals surface area contributed by atoms with Crippen LogP contribution in [-0.4, -0.2) is 23.6 Å². The standard InChI is InChI=1S/C19H25N3O2/c1-13-6-5-8-15(12-13)22-18(23)11-10-17(21-22)19(24)20-16-9-4-3-7-14(16)2/h5-6,8,12,14,16H,3-4,7,9-11H2,1-2H3,(H,20,24). The number of hydrogen-bond donors (Lipinski definition) is 1. The van der Waals surface area contributed by atoms with Gasteiger partial charge in [0.2, 0.25) is 5.91 Å². The molecule has 3 rings (SSSR count). The Hall–Kier alpha value is -2.17. The van der Waals surface area contributed by atoms with Crippen LogP contribution < -0.4 is 10.3 Å². The lowest BCUT2D eigenvalue weighted by Crippen LogP contribution is -2.46. The highest BCUT2D eigenvalue weighted by Gasteiger charge is 2.29. The van der Waals surface area contributed by atoms with Gasteiger partial charge in [0.25, 0.3) is 5.91 Å². The molecule has 1 aliphatic heterocycles. The van der Waals surface area contributed by atoms with E-state index in [1.807, 2.05) is 31.2 Å². The molecule has 2 aliphatic rings. The van der Waals surface area contributed by atoms with E-state index >= 15 is 0 Å². The average molecular weight is 327 g/mol. The molecular formula is C19H25N3O2. The number of nitrogens with one attached hydrogen (secondary N) is 1. The number of benzene rings is 1. The monoisotopic (exact) mass is 327 g/mol. The van der Waals surface area contributed by atoms with Crippen LogP contribution in [0.15, 0.2) is 29.4 Å². The van der Waals surface area contributed by atoms with E-state index in [4.69, 9.17) is 0 Å². The highest BCUT2D eigenvalue weighted by Crippen LogP contribution is 2.25. The lowest BCUT2D eigenvalue weighted by Gasteiger charge is -2.30. The topological polar surface area (TPSA) is 61.8 Å². The van der Waals surface area contributed by atoms with Crippen molar-refractivity contribution in [3.05, 3.63) is 29.8 Å². The summed E-state index contributed by atoms with van der Waals surface area (Å²) < 4.78 is 0. The fraction of sp³-hybridized carbons (Fsp3) is 0.526. The maximum absolute atomic E-state index is 12.6. The van der Waals surface area contributed by atoms with Gasteiger partial charge in [-0.1, -0.05) is 31.9 Å². The van der Waals surface area contributed by atoms with Crippen molar-refractivity contribution in [2.24, 2.45) is 11.0 Å². The molecule has 24 heavy (non-hydrogen) atoms. The van der Waals surface area contributed by atoms with Gasteiger partial charge < -0.3 is 5.32 Å². The Balaban J connectivity index is 1.76. The van der Waals surface area contributed by atoms with Crippen LogP contribution >= 0.6 is 0 Å². The summed E-state index contributed by atoms with van der Waals surface area (Å²) in [5, 5.41) is 8.85. The first-order valence-electron chi connectivity index (χ1n) is 8.82. The number of hydrazone groups is 1. The van der Waals surface area contributed by atoms with Crippen LogP contribution in [0.3, 0.4) is 0 Å². The number of rotatable bonds is 3. The van der Waals surface area contributed by atoms with Crippen LogP contribution in [0.25, 0.3) is 0 Å². The molecule has 128 valence electrons. The van der Waals surface area contributed by atoms with Gasteiger partial charge in [0.1, 0.15) is 5.71 Å². The number of carbonyl (C=O) groups is 2. The smallest absolute Gasteiger partial charge is 0.267 e. The predicted molar refractivity (Wildman–Crippen MR) is 94.9 cm³/mol. The van der Waals surface area contributed by atoms with Crippen LogP contribution in [-0.2, 0) is 9.59 Å². The highest BCUT2D eigenvalue weighted by atomic mass is 16.2. The van der Waals surface area contributed by atoms with Gasteiger partial charge in [-0.05, 0) is 43.4 Å². The largest absolute Gasteiger partial charge is 0.348 e. The Morgan fingerprint density at radius 2 is 2.04 bits per heavy atom. The summed E-state index contributed by atoms with van der Waals surface area (Å²) in [7, 11) is 0. The number of carbonyl (C=O) groups excluding carboxylic acids is 2. The van der Waals surface area contributed by atoms with Crippen molar-refractivity contribution >= 4 is 23.2 Å². The van der Waals surface area contributed by atoms with E-state index in [1.165, 1.54) is 11.4 Å². The van der Waals surface area contributed by atoms with Gasteiger partial charge in [0.15, 0.2) is 0 Å². The molecule has 0 aromatic heterocycles. The summed E-state index contributed by atoms with van der Waals surface area (Å²) in [5.41, 5.74) is 2.23. The summed E-state index contributed by atoms with van der Waals surface area (Å²) in [6.45, 7) is 4.16. The molecule has 1 aromatic rings. The molecule has 1 aliphatic carbocycles. The molecule has 0 radical (unpaired) electrons. The van der Waals surface area contributed by atoms with Gasteiger partial charge in [0, 0.05) is 18.9 Å². The molecule has 2 unspecified atom stereocenters. The molecule has 1 heterocycles. The first kappa shape index (κ1) is 16.7. The van der Waals surface area contributed by atoms with E-state index in [1.54, 1.807) is 0 Å². The van der Waals surface area contributed by atoms with Crippen LogP contribution in [0.1, 0.15) is 51.0 Å². The van der Waals surface area contributed by atoms with Crippen LogP contribution in [0.4, 0.5) is 5.69 Å². The molecule has 2 atom stereocenters. The Morgan fingerprint density at radius 1 is 1.25 bits per heavy atom. The molecule has 5 heteroatoms. The number of nitrogens with zero attached hydrogens (tertiary/aromatic N) is 2. The third kappa shape index (κ3) is 3.66. The van der Waals surface area contributed by atoms with E-state index in [2.05, 4.69) is 17.3 Å². The molecular weight excluding hydrogens is 302 g/mol. The molecule has 0 spiro atoms. The fourth-order valence-electron chi connectivity index (χ4n) is 3.46. The average Bonchev–Trinajstić information content (AvgIpc) is 2.57. The van der Waals surface area contributed by atoms with Crippen LogP contribution in [0, 0.1) is 12.8 Å². The SMILES string of the molecule is Cc1cccc(N2N=C(C(=O)NC3CCCCC3C)CCC2=O)c1. The van der Waals surface area contributed by atoms with Crippen molar-refractivity contribution in [3.8, 4) is 0 Å². The zero-order valence-electron chi connectivity index (χ0n) is 14.4. The molecule has 0 saturated heterocycles. The predicted octanol–water partition coefficient (Wildman–Crippen LogP) is 3.17. The summed E-state index contributed by atoms with van der Waals surface area (Å²) in [6, 6.07) is 7.84. The molecule has 5 nitrogen and oxygen atoms in total. The van der Waals surface area contributed by atoms with Crippen LogP contribution in [0.5, 0.6) is 0 Å². The zero-order chi connectivity index (χ0) is 17.1. The summed E-state index contributed by atoms with van der Waals surface area (Å²) in [6.07, 6.45) is 5.32. The third-order valence-electron chi connectivity index (χ3n) is 4.97. The Morgan fingerprint density at radius 3 is 2.79 bits per heavy atom. The van der Waals surface area contributed by atoms with Crippen molar-refractivity contribution in [1.82, 2.24) is 5.32 Å². The second-order valence-electron chi connectivity index (χ2n) is 6.93. The van der Waals surface area contributed by atoms with E-state index in [0.717, 1.165) is 30.5 Å². The zero-order valence-corrected chi connectivity index (χ0v) is 14.4. The van der Waals surface area contributed by atoms with Gasteiger partial charge in [-0.15, -0.1) is 0 Å². The normalized spacial score (nSPS) is 24.5. The Bertz CT molecular complexity index is 668. The second-order valence-corrected chi connectivity index (χ2v) is 6.93.